The second-order valence-corrected chi connectivity index (χ2v) is 7.31. The molecule has 0 aromatic carbocycles. The van der Waals surface area contributed by atoms with Crippen LogP contribution in [0.1, 0.15) is 78.6 Å². The molecule has 5 heteroatoms. The first kappa shape index (κ1) is 19.7. The van der Waals surface area contributed by atoms with Crippen LogP contribution in [0.15, 0.2) is 0 Å². The molecule has 0 rings (SSSR count). The van der Waals surface area contributed by atoms with Gasteiger partial charge in [0.25, 0.3) is 0 Å². The Morgan fingerprint density at radius 2 is 1.58 bits per heavy atom. The van der Waals surface area contributed by atoms with E-state index >= 15 is 0 Å². The molecule has 0 saturated heterocycles. The summed E-state index contributed by atoms with van der Waals surface area (Å²) in [5, 5.41) is 0.470. The molecule has 0 aliphatic carbocycles. The molecule has 0 aliphatic rings. The van der Waals surface area contributed by atoms with Gasteiger partial charge in [0.05, 0.1) is 0 Å². The first-order valence-electron chi connectivity index (χ1n) is 7.56. The van der Waals surface area contributed by atoms with Gasteiger partial charge in [0.1, 0.15) is 5.44 Å². The highest BCUT2D eigenvalue weighted by atomic mass is 32.2. The van der Waals surface area contributed by atoms with Crippen molar-refractivity contribution in [3.8, 4) is 0 Å². The molecular formula is C14H29O3PS-2. The maximum absolute atomic E-state index is 10.6. The van der Waals surface area contributed by atoms with E-state index in [4.69, 9.17) is 4.52 Å². The second-order valence-electron chi connectivity index (χ2n) is 5.05. The summed E-state index contributed by atoms with van der Waals surface area (Å²) in [5.41, 5.74) is -0.193. The minimum Gasteiger partial charge on any atom is -0.820 e. The van der Waals surface area contributed by atoms with Crippen molar-refractivity contribution in [3.63, 3.8) is 0 Å². The minimum atomic E-state index is -2.73. The molecule has 0 saturated carbocycles. The molecule has 0 aliphatic heterocycles. The van der Waals surface area contributed by atoms with Crippen molar-refractivity contribution in [2.24, 2.45) is 0 Å². The Morgan fingerprint density at radius 1 is 0.947 bits per heavy atom. The molecule has 0 heterocycles. The van der Waals surface area contributed by atoms with E-state index in [-0.39, 0.29) is 5.44 Å². The van der Waals surface area contributed by atoms with Crippen LogP contribution in [0.4, 0.5) is 0 Å². The highest BCUT2D eigenvalue weighted by Gasteiger charge is 2.12. The minimum absolute atomic E-state index is 0.193. The van der Waals surface area contributed by atoms with E-state index < -0.39 is 8.60 Å². The third kappa shape index (κ3) is 13.4. The molecular weight excluding hydrogens is 279 g/mol. The molecule has 0 aromatic heterocycles. The van der Waals surface area contributed by atoms with Gasteiger partial charge in [0.15, 0.2) is 0 Å². The summed E-state index contributed by atoms with van der Waals surface area (Å²) < 4.78 is 4.94. The lowest BCUT2D eigenvalue weighted by atomic mass is 10.1. The Morgan fingerprint density at radius 3 is 2.16 bits per heavy atom. The Kier molecular flexibility index (Phi) is 14.1. The van der Waals surface area contributed by atoms with Crippen molar-refractivity contribution in [2.75, 3.05) is 0 Å². The first-order chi connectivity index (χ1) is 9.10. The molecule has 0 spiro atoms. The number of rotatable bonds is 13. The largest absolute Gasteiger partial charge is 0.820 e. The number of hydrogen-bond donors (Lipinski definition) is 0. The van der Waals surface area contributed by atoms with E-state index in [1.54, 1.807) is 11.8 Å². The molecule has 2 atom stereocenters. The Labute approximate surface area is 124 Å². The Bertz CT molecular complexity index is 194. The monoisotopic (exact) mass is 308 g/mol. The van der Waals surface area contributed by atoms with Crippen LogP contribution < -0.4 is 9.79 Å². The molecule has 0 amide bonds. The van der Waals surface area contributed by atoms with Gasteiger partial charge in [-0.25, -0.2) is 0 Å². The zero-order chi connectivity index (χ0) is 14.5. The lowest BCUT2D eigenvalue weighted by molar-refractivity contribution is -0.319. The molecule has 0 bridgehead atoms. The average Bonchev–Trinajstić information content (AvgIpc) is 2.33. The third-order valence-corrected chi connectivity index (χ3v) is 4.98. The van der Waals surface area contributed by atoms with Crippen LogP contribution in [0.25, 0.3) is 0 Å². The molecule has 0 radical (unpaired) electrons. The van der Waals surface area contributed by atoms with Crippen LogP contribution in [-0.2, 0) is 4.52 Å². The SMILES string of the molecule is CCCCCCCCC(C)SC(CCC)OP([O-])[O-]. The maximum atomic E-state index is 10.6. The lowest BCUT2D eigenvalue weighted by Crippen LogP contribution is -2.18. The van der Waals surface area contributed by atoms with E-state index in [0.29, 0.717) is 5.25 Å². The molecule has 0 N–H and O–H groups in total. The second kappa shape index (κ2) is 13.6. The van der Waals surface area contributed by atoms with Crippen LogP contribution in [0.5, 0.6) is 0 Å². The predicted molar refractivity (Wildman–Crippen MR) is 81.7 cm³/mol. The van der Waals surface area contributed by atoms with Crippen molar-refractivity contribution in [1.82, 2.24) is 0 Å². The number of unbranched alkanes of at least 4 members (excludes halogenated alkanes) is 5. The third-order valence-electron chi connectivity index (χ3n) is 3.08. The van der Waals surface area contributed by atoms with Gasteiger partial charge in [-0.2, -0.15) is 8.60 Å². The summed E-state index contributed by atoms with van der Waals surface area (Å²) in [6.07, 6.45) is 10.7. The van der Waals surface area contributed by atoms with Crippen LogP contribution in [-0.4, -0.2) is 10.7 Å². The number of thioether (sulfide) groups is 1. The van der Waals surface area contributed by atoms with Gasteiger partial charge < -0.3 is 14.3 Å². The highest BCUT2D eigenvalue weighted by molar-refractivity contribution is 8.00. The van der Waals surface area contributed by atoms with Crippen molar-refractivity contribution < 1.29 is 14.3 Å². The summed E-state index contributed by atoms with van der Waals surface area (Å²) in [4.78, 5) is 21.3. The summed E-state index contributed by atoms with van der Waals surface area (Å²) in [5.74, 6) is 0. The van der Waals surface area contributed by atoms with Crippen LogP contribution >= 0.6 is 20.4 Å². The summed E-state index contributed by atoms with van der Waals surface area (Å²) in [6.45, 7) is 6.45. The van der Waals surface area contributed by atoms with E-state index in [0.717, 1.165) is 19.3 Å². The van der Waals surface area contributed by atoms with Gasteiger partial charge in [-0.15, -0.1) is 11.8 Å². The van der Waals surface area contributed by atoms with Crippen molar-refractivity contribution in [3.05, 3.63) is 0 Å². The first-order valence-corrected chi connectivity index (χ1v) is 9.60. The summed E-state index contributed by atoms with van der Waals surface area (Å²) in [6, 6.07) is 0. The summed E-state index contributed by atoms with van der Waals surface area (Å²) >= 11 is 1.66. The highest BCUT2D eigenvalue weighted by Crippen LogP contribution is 2.32. The van der Waals surface area contributed by atoms with Gasteiger partial charge in [0, 0.05) is 5.25 Å². The van der Waals surface area contributed by atoms with E-state index in [2.05, 4.69) is 13.8 Å². The fourth-order valence-electron chi connectivity index (χ4n) is 2.02. The molecule has 116 valence electrons. The standard InChI is InChI=1S/C14H29O3PS/c1-4-6-7-8-9-10-12-13(3)19-14(11-5-2)17-18(15)16/h13-14H,4-12H2,1-3H3/q-2. The topological polar surface area (TPSA) is 55.3 Å². The molecule has 2 unspecified atom stereocenters. The number of hydrogen-bond acceptors (Lipinski definition) is 4. The van der Waals surface area contributed by atoms with Crippen LogP contribution in [0, 0.1) is 0 Å². The van der Waals surface area contributed by atoms with E-state index in [1.165, 1.54) is 38.5 Å². The molecule has 19 heavy (non-hydrogen) atoms. The van der Waals surface area contributed by atoms with Crippen LogP contribution in [0.3, 0.4) is 0 Å². The van der Waals surface area contributed by atoms with Gasteiger partial charge in [-0.3, -0.25) is 0 Å². The van der Waals surface area contributed by atoms with E-state index in [1.807, 2.05) is 6.92 Å². The van der Waals surface area contributed by atoms with Gasteiger partial charge in [-0.1, -0.05) is 65.7 Å². The van der Waals surface area contributed by atoms with E-state index in [9.17, 15) is 9.79 Å². The van der Waals surface area contributed by atoms with Gasteiger partial charge in [0.2, 0.25) is 0 Å². The predicted octanol–water partition coefficient (Wildman–Crippen LogP) is 3.95. The zero-order valence-electron chi connectivity index (χ0n) is 12.6. The van der Waals surface area contributed by atoms with Crippen molar-refractivity contribution in [1.29, 1.82) is 0 Å². The maximum Gasteiger partial charge on any atom is 0.104 e. The quantitative estimate of drug-likeness (QED) is 0.294. The molecule has 0 aromatic rings. The average molecular weight is 308 g/mol. The van der Waals surface area contributed by atoms with Gasteiger partial charge >= 0.3 is 0 Å². The lowest BCUT2D eigenvalue weighted by Gasteiger charge is -2.34. The smallest absolute Gasteiger partial charge is 0.104 e. The normalized spacial score (nSPS) is 14.8. The Hall–Kier alpha value is 0.660. The van der Waals surface area contributed by atoms with Crippen LogP contribution in [0.2, 0.25) is 0 Å². The zero-order valence-corrected chi connectivity index (χ0v) is 14.3. The van der Waals surface area contributed by atoms with Crippen molar-refractivity contribution in [2.45, 2.75) is 89.2 Å². The molecule has 3 nitrogen and oxygen atoms in total. The fourth-order valence-corrected chi connectivity index (χ4v) is 3.92. The summed E-state index contributed by atoms with van der Waals surface area (Å²) in [7, 11) is -2.73. The van der Waals surface area contributed by atoms with Gasteiger partial charge in [-0.05, 0) is 12.8 Å². The molecule has 0 fully saturated rings. The Balaban J connectivity index is 3.65. The fraction of sp³-hybridized carbons (Fsp3) is 1.00. The van der Waals surface area contributed by atoms with Crippen molar-refractivity contribution >= 4 is 20.4 Å².